The molecule has 64 valence electrons. The zero-order valence-corrected chi connectivity index (χ0v) is 6.90. The minimum Gasteiger partial charge on any atom is -0.323 e. The summed E-state index contributed by atoms with van der Waals surface area (Å²) in [6.07, 6.45) is 5.59. The molecule has 0 radical (unpaired) electrons. The van der Waals surface area contributed by atoms with Crippen LogP contribution in [-0.2, 0) is 0 Å². The smallest absolute Gasteiger partial charge is 0.0493 e. The lowest BCUT2D eigenvalue weighted by Crippen LogP contribution is -2.36. The Morgan fingerprint density at radius 3 is 2.75 bits per heavy atom. The van der Waals surface area contributed by atoms with Gasteiger partial charge in [-0.05, 0) is 24.5 Å². The van der Waals surface area contributed by atoms with Gasteiger partial charge in [0.25, 0.3) is 0 Å². The van der Waals surface area contributed by atoms with Gasteiger partial charge in [0.2, 0.25) is 0 Å². The van der Waals surface area contributed by atoms with E-state index in [9.17, 15) is 0 Å². The minimum atomic E-state index is -0.150. The van der Waals surface area contributed by atoms with Crippen LogP contribution < -0.4 is 11.5 Å². The van der Waals surface area contributed by atoms with Gasteiger partial charge in [0.1, 0.15) is 0 Å². The molecule has 1 saturated carbocycles. The highest BCUT2D eigenvalue weighted by Gasteiger charge is 2.44. The Kier molecular flexibility index (Phi) is 1.63. The Balaban J connectivity index is 2.20. The van der Waals surface area contributed by atoms with Crippen molar-refractivity contribution in [2.75, 3.05) is 0 Å². The standard InChI is InChI=1S/C9H13N3/c10-8(9(11)3-4-9)7-2-1-5-12-6-7/h1-2,5-6,8H,3-4,10-11H2. The van der Waals surface area contributed by atoms with Crippen molar-refractivity contribution in [2.45, 2.75) is 24.4 Å². The van der Waals surface area contributed by atoms with E-state index in [0.717, 1.165) is 18.4 Å². The Labute approximate surface area is 71.8 Å². The summed E-state index contributed by atoms with van der Waals surface area (Å²) in [5.41, 5.74) is 12.8. The van der Waals surface area contributed by atoms with Crippen LogP contribution in [0.2, 0.25) is 0 Å². The molecule has 3 nitrogen and oxygen atoms in total. The fraction of sp³-hybridized carbons (Fsp3) is 0.444. The SMILES string of the molecule is NC(c1cccnc1)C1(N)CC1. The highest BCUT2D eigenvalue weighted by atomic mass is 14.9. The van der Waals surface area contributed by atoms with Crippen molar-refractivity contribution >= 4 is 0 Å². The van der Waals surface area contributed by atoms with Crippen LogP contribution in [0.5, 0.6) is 0 Å². The van der Waals surface area contributed by atoms with Crippen LogP contribution in [-0.4, -0.2) is 10.5 Å². The first-order chi connectivity index (χ1) is 5.72. The topological polar surface area (TPSA) is 64.9 Å². The quantitative estimate of drug-likeness (QED) is 0.670. The number of hydrogen-bond donors (Lipinski definition) is 2. The van der Waals surface area contributed by atoms with Gasteiger partial charge in [-0.25, -0.2) is 0 Å². The van der Waals surface area contributed by atoms with Crippen molar-refractivity contribution < 1.29 is 0 Å². The van der Waals surface area contributed by atoms with E-state index in [1.165, 1.54) is 0 Å². The van der Waals surface area contributed by atoms with E-state index in [0.29, 0.717) is 0 Å². The number of rotatable bonds is 2. The van der Waals surface area contributed by atoms with Gasteiger partial charge in [-0.1, -0.05) is 6.07 Å². The molecule has 4 N–H and O–H groups in total. The summed E-state index contributed by atoms with van der Waals surface area (Å²) >= 11 is 0. The van der Waals surface area contributed by atoms with E-state index < -0.39 is 0 Å². The summed E-state index contributed by atoms with van der Waals surface area (Å²) in [7, 11) is 0. The molecule has 0 amide bonds. The summed E-state index contributed by atoms with van der Waals surface area (Å²) in [6, 6.07) is 3.82. The first-order valence-electron chi connectivity index (χ1n) is 4.17. The molecule has 3 heteroatoms. The third-order valence-corrected chi connectivity index (χ3v) is 2.49. The van der Waals surface area contributed by atoms with Gasteiger partial charge in [-0.2, -0.15) is 0 Å². The van der Waals surface area contributed by atoms with Gasteiger partial charge >= 0.3 is 0 Å². The molecule has 1 aliphatic rings. The van der Waals surface area contributed by atoms with Crippen LogP contribution in [0.25, 0.3) is 0 Å². The van der Waals surface area contributed by atoms with Crippen molar-refractivity contribution in [3.8, 4) is 0 Å². The van der Waals surface area contributed by atoms with E-state index >= 15 is 0 Å². The summed E-state index contributed by atoms with van der Waals surface area (Å²) in [6.45, 7) is 0. The van der Waals surface area contributed by atoms with Crippen molar-refractivity contribution in [3.05, 3.63) is 30.1 Å². The maximum absolute atomic E-state index is 5.97. The molecular formula is C9H13N3. The molecule has 1 aromatic rings. The van der Waals surface area contributed by atoms with Gasteiger partial charge in [0.05, 0.1) is 0 Å². The predicted molar refractivity (Wildman–Crippen MR) is 47.3 cm³/mol. The number of pyridine rings is 1. The Bertz CT molecular complexity index is 266. The summed E-state index contributed by atoms with van der Waals surface area (Å²) in [5.74, 6) is 0. The fourth-order valence-electron chi connectivity index (χ4n) is 1.35. The van der Waals surface area contributed by atoms with E-state index in [1.807, 2.05) is 12.1 Å². The van der Waals surface area contributed by atoms with Gasteiger partial charge < -0.3 is 11.5 Å². The van der Waals surface area contributed by atoms with Crippen LogP contribution in [0.1, 0.15) is 24.4 Å². The monoisotopic (exact) mass is 163 g/mol. The number of aromatic nitrogens is 1. The van der Waals surface area contributed by atoms with Gasteiger partial charge in [0, 0.05) is 24.0 Å². The average molecular weight is 163 g/mol. The highest BCUT2D eigenvalue weighted by Crippen LogP contribution is 2.41. The van der Waals surface area contributed by atoms with Crippen LogP contribution in [0, 0.1) is 0 Å². The van der Waals surface area contributed by atoms with Crippen LogP contribution in [0.4, 0.5) is 0 Å². The molecule has 1 atom stereocenters. The molecule has 1 aliphatic carbocycles. The Morgan fingerprint density at radius 2 is 2.25 bits per heavy atom. The average Bonchev–Trinajstić information content (AvgIpc) is 2.85. The molecule has 1 heterocycles. The van der Waals surface area contributed by atoms with Gasteiger partial charge in [-0.15, -0.1) is 0 Å². The number of hydrogen-bond acceptors (Lipinski definition) is 3. The molecule has 1 aromatic heterocycles. The zero-order chi connectivity index (χ0) is 8.60. The van der Waals surface area contributed by atoms with E-state index in [2.05, 4.69) is 4.98 Å². The molecule has 0 spiro atoms. The molecule has 12 heavy (non-hydrogen) atoms. The largest absolute Gasteiger partial charge is 0.323 e. The van der Waals surface area contributed by atoms with E-state index in [4.69, 9.17) is 11.5 Å². The molecule has 0 aromatic carbocycles. The van der Waals surface area contributed by atoms with Crippen molar-refractivity contribution in [1.82, 2.24) is 4.98 Å². The number of nitrogens with zero attached hydrogens (tertiary/aromatic N) is 1. The van der Waals surface area contributed by atoms with Crippen LogP contribution in [0.15, 0.2) is 24.5 Å². The zero-order valence-electron chi connectivity index (χ0n) is 6.90. The lowest BCUT2D eigenvalue weighted by Gasteiger charge is -2.18. The molecule has 0 aliphatic heterocycles. The Hall–Kier alpha value is -0.930. The van der Waals surface area contributed by atoms with Gasteiger partial charge in [-0.3, -0.25) is 4.98 Å². The maximum atomic E-state index is 5.97. The molecule has 2 rings (SSSR count). The molecule has 0 saturated heterocycles. The minimum absolute atomic E-state index is 0.0498. The third-order valence-electron chi connectivity index (χ3n) is 2.49. The lowest BCUT2D eigenvalue weighted by atomic mass is 10.0. The van der Waals surface area contributed by atoms with E-state index in [-0.39, 0.29) is 11.6 Å². The lowest BCUT2D eigenvalue weighted by molar-refractivity contribution is 0.534. The maximum Gasteiger partial charge on any atom is 0.0493 e. The second-order valence-electron chi connectivity index (χ2n) is 3.50. The predicted octanol–water partition coefficient (Wildman–Crippen LogP) is 0.573. The molecular weight excluding hydrogens is 150 g/mol. The Morgan fingerprint density at radius 1 is 1.50 bits per heavy atom. The van der Waals surface area contributed by atoms with Crippen molar-refractivity contribution in [2.24, 2.45) is 11.5 Å². The fourth-order valence-corrected chi connectivity index (χ4v) is 1.35. The molecule has 1 fully saturated rings. The normalized spacial score (nSPS) is 21.8. The molecule has 0 bridgehead atoms. The second-order valence-corrected chi connectivity index (χ2v) is 3.50. The first kappa shape index (κ1) is 7.71. The second kappa shape index (κ2) is 2.54. The van der Waals surface area contributed by atoms with E-state index in [1.54, 1.807) is 12.4 Å². The third kappa shape index (κ3) is 1.21. The summed E-state index contributed by atoms with van der Waals surface area (Å²) in [5, 5.41) is 0. The van der Waals surface area contributed by atoms with Crippen LogP contribution in [0.3, 0.4) is 0 Å². The first-order valence-corrected chi connectivity index (χ1v) is 4.17. The van der Waals surface area contributed by atoms with Crippen LogP contribution >= 0.6 is 0 Å². The van der Waals surface area contributed by atoms with Crippen molar-refractivity contribution in [3.63, 3.8) is 0 Å². The van der Waals surface area contributed by atoms with Gasteiger partial charge in [0.15, 0.2) is 0 Å². The number of nitrogens with two attached hydrogens (primary N) is 2. The summed E-state index contributed by atoms with van der Waals surface area (Å²) in [4.78, 5) is 4.01. The van der Waals surface area contributed by atoms with Crippen molar-refractivity contribution in [1.29, 1.82) is 0 Å². The highest BCUT2D eigenvalue weighted by molar-refractivity contribution is 5.22. The summed E-state index contributed by atoms with van der Waals surface area (Å²) < 4.78 is 0. The molecule has 1 unspecified atom stereocenters.